The van der Waals surface area contributed by atoms with E-state index in [1.165, 1.54) is 13.0 Å². The molecule has 0 bridgehead atoms. The van der Waals surface area contributed by atoms with Gasteiger partial charge >= 0.3 is 0 Å². The Morgan fingerprint density at radius 3 is 2.92 bits per heavy atom. The Kier molecular flexibility index (Phi) is 3.17. The van der Waals surface area contributed by atoms with Crippen molar-refractivity contribution in [1.82, 2.24) is 5.32 Å². The summed E-state index contributed by atoms with van der Waals surface area (Å²) in [5.74, 6) is 6.96. The monoisotopic (exact) mass is 167 g/mol. The average Bonchev–Trinajstić information content (AvgIpc) is 2.02. The highest BCUT2D eigenvalue weighted by atomic mass is 14.9. The molecular weight excluding hydrogens is 146 g/mol. The average molecular weight is 167 g/mol. The van der Waals surface area contributed by atoms with Crippen LogP contribution in [0.25, 0.3) is 0 Å². The minimum Gasteiger partial charge on any atom is -0.316 e. The fourth-order valence-electron chi connectivity index (χ4n) is 1.83. The minimum atomic E-state index is 0. The van der Waals surface area contributed by atoms with Gasteiger partial charge in [-0.25, -0.2) is 0 Å². The van der Waals surface area contributed by atoms with Gasteiger partial charge in [-0.1, -0.05) is 13.8 Å². The first-order valence-electron chi connectivity index (χ1n) is 4.77. The molecule has 1 atom stereocenters. The van der Waals surface area contributed by atoms with E-state index in [9.17, 15) is 0 Å². The van der Waals surface area contributed by atoms with Gasteiger partial charge in [-0.2, -0.15) is 0 Å². The highest BCUT2D eigenvalue weighted by molar-refractivity contribution is 5.00. The molecule has 1 heterocycles. The van der Waals surface area contributed by atoms with E-state index in [4.69, 9.17) is 0 Å². The van der Waals surface area contributed by atoms with E-state index in [1.807, 2.05) is 6.92 Å². The van der Waals surface area contributed by atoms with Gasteiger partial charge < -0.3 is 5.32 Å². The van der Waals surface area contributed by atoms with Crippen LogP contribution in [0, 0.1) is 23.2 Å². The van der Waals surface area contributed by atoms with Crippen molar-refractivity contribution in [2.24, 2.45) is 11.3 Å². The molecule has 1 aliphatic rings. The largest absolute Gasteiger partial charge is 0.316 e. The maximum Gasteiger partial charge on any atom is 0.0123 e. The van der Waals surface area contributed by atoms with Crippen LogP contribution in [-0.2, 0) is 0 Å². The lowest BCUT2D eigenvalue weighted by atomic mass is 9.73. The topological polar surface area (TPSA) is 12.0 Å². The highest BCUT2D eigenvalue weighted by Gasteiger charge is 2.30. The lowest BCUT2D eigenvalue weighted by Crippen LogP contribution is -2.42. The zero-order valence-corrected chi connectivity index (χ0v) is 8.41. The molecule has 0 aromatic rings. The summed E-state index contributed by atoms with van der Waals surface area (Å²) in [5, 5.41) is 3.43. The molecule has 0 saturated carbocycles. The van der Waals surface area contributed by atoms with Gasteiger partial charge in [0, 0.05) is 14.4 Å². The molecule has 1 rings (SSSR count). The third kappa shape index (κ3) is 2.25. The molecule has 0 amide bonds. The molecule has 0 aromatic carbocycles. The van der Waals surface area contributed by atoms with E-state index in [0.29, 0.717) is 5.41 Å². The summed E-state index contributed by atoms with van der Waals surface area (Å²) in [6.07, 6.45) is 2.35. The van der Waals surface area contributed by atoms with Crippen molar-refractivity contribution in [2.45, 2.75) is 33.6 Å². The first kappa shape index (κ1) is 9.61. The molecule has 70 valence electrons. The van der Waals surface area contributed by atoms with Crippen LogP contribution in [0.2, 0.25) is 0 Å². The van der Waals surface area contributed by atoms with E-state index in [1.54, 1.807) is 0 Å². The van der Waals surface area contributed by atoms with Crippen LogP contribution in [-0.4, -0.2) is 13.1 Å². The lowest BCUT2D eigenvalue weighted by molar-refractivity contribution is 0.160. The van der Waals surface area contributed by atoms with Gasteiger partial charge in [0.2, 0.25) is 0 Å². The van der Waals surface area contributed by atoms with Crippen LogP contribution < -0.4 is 5.32 Å². The van der Waals surface area contributed by atoms with Crippen molar-refractivity contribution in [3.63, 3.8) is 0 Å². The van der Waals surface area contributed by atoms with Crippen molar-refractivity contribution in [2.75, 3.05) is 13.1 Å². The quantitative estimate of drug-likeness (QED) is 0.591. The molecule has 0 spiro atoms. The Bertz CT molecular complexity index is 200. The molecule has 1 nitrogen and oxygen atoms in total. The van der Waals surface area contributed by atoms with Crippen molar-refractivity contribution in [3.8, 4) is 11.8 Å². The van der Waals surface area contributed by atoms with Gasteiger partial charge in [0.05, 0.1) is 0 Å². The van der Waals surface area contributed by atoms with Gasteiger partial charge in [0.15, 0.2) is 0 Å². The summed E-state index contributed by atoms with van der Waals surface area (Å²) in [4.78, 5) is 0. The molecular formula is C11H21N. The van der Waals surface area contributed by atoms with Crippen LogP contribution in [0.5, 0.6) is 0 Å². The Labute approximate surface area is 77.4 Å². The lowest BCUT2D eigenvalue weighted by Gasteiger charge is -2.38. The van der Waals surface area contributed by atoms with E-state index < -0.39 is 0 Å². The molecule has 1 unspecified atom stereocenters. The smallest absolute Gasteiger partial charge is 0.0123 e. The molecule has 0 aromatic heterocycles. The predicted octanol–water partition coefficient (Wildman–Crippen LogP) is 2.28. The Balaban J connectivity index is 0.00000144. The van der Waals surface area contributed by atoms with E-state index in [-0.39, 0.29) is 1.43 Å². The molecule has 1 N–H and O–H groups in total. The second-order valence-electron chi connectivity index (χ2n) is 4.28. The second kappa shape index (κ2) is 3.96. The second-order valence-corrected chi connectivity index (χ2v) is 4.28. The standard InChI is InChI=1S/C11H19N.H2/c1-4-5-6-10-7-8-12-9-11(10,2)3;/h10,12H,6-9H2,1-3H3;1H. The molecule has 0 radical (unpaired) electrons. The van der Waals surface area contributed by atoms with Crippen LogP contribution in [0.3, 0.4) is 0 Å². The number of piperidine rings is 1. The SMILES string of the molecule is CC#CCC1CCNCC1(C)C.[HH]. The maximum atomic E-state index is 3.43. The normalized spacial score (nSPS) is 27.4. The molecule has 0 aliphatic carbocycles. The van der Waals surface area contributed by atoms with Crippen molar-refractivity contribution >= 4 is 0 Å². The maximum absolute atomic E-state index is 3.43. The van der Waals surface area contributed by atoms with E-state index >= 15 is 0 Å². The molecule has 1 saturated heterocycles. The zero-order chi connectivity index (χ0) is 9.03. The molecule has 12 heavy (non-hydrogen) atoms. The molecule has 1 aliphatic heterocycles. The summed E-state index contributed by atoms with van der Waals surface area (Å²) < 4.78 is 0. The van der Waals surface area contributed by atoms with Crippen LogP contribution in [0.1, 0.15) is 35.0 Å². The summed E-state index contributed by atoms with van der Waals surface area (Å²) in [6, 6.07) is 0. The fraction of sp³-hybridized carbons (Fsp3) is 0.818. The van der Waals surface area contributed by atoms with Crippen LogP contribution in [0.4, 0.5) is 0 Å². The summed E-state index contributed by atoms with van der Waals surface area (Å²) in [7, 11) is 0. The number of nitrogens with one attached hydrogen (secondary N) is 1. The van der Waals surface area contributed by atoms with Gasteiger partial charge in [-0.3, -0.25) is 0 Å². The third-order valence-corrected chi connectivity index (χ3v) is 2.88. The Hall–Kier alpha value is -0.480. The summed E-state index contributed by atoms with van der Waals surface area (Å²) >= 11 is 0. The predicted molar refractivity (Wildman–Crippen MR) is 54.9 cm³/mol. The van der Waals surface area contributed by atoms with Crippen LogP contribution in [0.15, 0.2) is 0 Å². The number of hydrogen-bond acceptors (Lipinski definition) is 1. The van der Waals surface area contributed by atoms with E-state index in [2.05, 4.69) is 31.0 Å². The zero-order valence-electron chi connectivity index (χ0n) is 8.41. The van der Waals surface area contributed by atoms with Gasteiger partial charge in [0.25, 0.3) is 0 Å². The molecule has 1 fully saturated rings. The van der Waals surface area contributed by atoms with Gasteiger partial charge in [-0.05, 0) is 31.2 Å². The van der Waals surface area contributed by atoms with Gasteiger partial charge in [-0.15, -0.1) is 11.8 Å². The van der Waals surface area contributed by atoms with Crippen LogP contribution >= 0.6 is 0 Å². The first-order valence-corrected chi connectivity index (χ1v) is 4.77. The first-order chi connectivity index (χ1) is 5.67. The van der Waals surface area contributed by atoms with Crippen molar-refractivity contribution in [3.05, 3.63) is 0 Å². The molecule has 1 heteroatoms. The highest BCUT2D eigenvalue weighted by Crippen LogP contribution is 2.33. The third-order valence-electron chi connectivity index (χ3n) is 2.88. The Morgan fingerprint density at radius 2 is 2.33 bits per heavy atom. The van der Waals surface area contributed by atoms with E-state index in [0.717, 1.165) is 18.9 Å². The minimum absolute atomic E-state index is 0. The van der Waals surface area contributed by atoms with Gasteiger partial charge in [0.1, 0.15) is 0 Å². The Morgan fingerprint density at radius 1 is 1.58 bits per heavy atom. The fourth-order valence-corrected chi connectivity index (χ4v) is 1.83. The van der Waals surface area contributed by atoms with Crippen molar-refractivity contribution < 1.29 is 1.43 Å². The van der Waals surface area contributed by atoms with Crippen molar-refractivity contribution in [1.29, 1.82) is 0 Å². The summed E-state index contributed by atoms with van der Waals surface area (Å²) in [5.41, 5.74) is 0.433. The summed E-state index contributed by atoms with van der Waals surface area (Å²) in [6.45, 7) is 8.90. The number of rotatable bonds is 1. The number of hydrogen-bond donors (Lipinski definition) is 1.